The number of nitrogens with zero attached hydrogens (tertiary/aromatic N) is 2. The smallest absolute Gasteiger partial charge is 0.416 e. The van der Waals surface area contributed by atoms with Crippen molar-refractivity contribution >= 4 is 22.8 Å². The Hall–Kier alpha value is -3.74. The number of aromatic nitrogens is 3. The third-order valence-corrected chi connectivity index (χ3v) is 7.55. The number of fused-ring (bicyclic) bond motifs is 1. The number of amides is 2. The molecule has 0 unspecified atom stereocenters. The van der Waals surface area contributed by atoms with Crippen LogP contribution in [0.25, 0.3) is 22.3 Å². The van der Waals surface area contributed by atoms with Crippen LogP contribution in [-0.4, -0.2) is 62.8 Å². The Labute approximate surface area is 233 Å². The summed E-state index contributed by atoms with van der Waals surface area (Å²) in [6, 6.07) is 1.94. The number of aromatic amines is 1. The van der Waals surface area contributed by atoms with Crippen LogP contribution in [0.3, 0.4) is 0 Å². The molecule has 13 heteroatoms. The molecular weight excluding hydrogens is 546 g/mol. The van der Waals surface area contributed by atoms with Gasteiger partial charge >= 0.3 is 6.18 Å². The number of carbonyl (C=O) groups is 2. The molecule has 0 radical (unpaired) electrons. The molecule has 0 aliphatic heterocycles. The lowest BCUT2D eigenvalue weighted by molar-refractivity contribution is -0.137. The molecule has 2 heterocycles. The van der Waals surface area contributed by atoms with Crippen molar-refractivity contribution in [3.63, 3.8) is 0 Å². The average Bonchev–Trinajstić information content (AvgIpc) is 3.67. The minimum absolute atomic E-state index is 0.0376. The van der Waals surface area contributed by atoms with Crippen LogP contribution < -0.4 is 15.4 Å². The zero-order chi connectivity index (χ0) is 29.5. The SMILES string of the molecule is Cc1[nH]c2c(-c3cc(C(F)(F)F)ccc3OCC3CC3)ncnc2c1C(=O)N[C@H]1CC[C@H](NC(=O)[C@H](C)O)[C@H](F)C1. The maximum atomic E-state index is 14.8. The number of hydrogen-bond acceptors (Lipinski definition) is 6. The van der Waals surface area contributed by atoms with E-state index in [-0.39, 0.29) is 46.4 Å². The third kappa shape index (κ3) is 6.29. The van der Waals surface area contributed by atoms with Gasteiger partial charge in [-0.05, 0) is 63.6 Å². The van der Waals surface area contributed by atoms with Crippen LogP contribution in [0.5, 0.6) is 5.75 Å². The molecule has 5 rings (SSSR count). The molecule has 0 spiro atoms. The minimum atomic E-state index is -4.58. The first-order valence-electron chi connectivity index (χ1n) is 13.5. The molecule has 2 saturated carbocycles. The number of benzene rings is 1. The fourth-order valence-corrected chi connectivity index (χ4v) is 5.08. The summed E-state index contributed by atoms with van der Waals surface area (Å²) in [6.45, 7) is 3.31. The molecule has 220 valence electrons. The van der Waals surface area contributed by atoms with Crippen molar-refractivity contribution in [2.75, 3.05) is 6.61 Å². The maximum Gasteiger partial charge on any atom is 0.416 e. The van der Waals surface area contributed by atoms with E-state index >= 15 is 0 Å². The summed E-state index contributed by atoms with van der Waals surface area (Å²) in [6.07, 6.45) is -3.46. The highest BCUT2D eigenvalue weighted by molar-refractivity contribution is 6.09. The zero-order valence-corrected chi connectivity index (χ0v) is 22.5. The van der Waals surface area contributed by atoms with Gasteiger partial charge in [-0.25, -0.2) is 14.4 Å². The molecule has 2 aromatic heterocycles. The van der Waals surface area contributed by atoms with E-state index in [0.717, 1.165) is 25.0 Å². The summed E-state index contributed by atoms with van der Waals surface area (Å²) in [7, 11) is 0. The summed E-state index contributed by atoms with van der Waals surface area (Å²) in [5.74, 6) is -0.563. The van der Waals surface area contributed by atoms with E-state index in [1.54, 1.807) is 6.92 Å². The van der Waals surface area contributed by atoms with Crippen LogP contribution in [0.1, 0.15) is 60.6 Å². The van der Waals surface area contributed by atoms with Crippen molar-refractivity contribution in [1.29, 1.82) is 0 Å². The number of aliphatic hydroxyl groups excluding tert-OH is 1. The first-order chi connectivity index (χ1) is 19.4. The van der Waals surface area contributed by atoms with E-state index in [1.165, 1.54) is 19.3 Å². The molecule has 9 nitrogen and oxygen atoms in total. The number of nitrogens with one attached hydrogen (secondary N) is 3. The van der Waals surface area contributed by atoms with Crippen molar-refractivity contribution in [2.24, 2.45) is 5.92 Å². The molecule has 2 aliphatic rings. The van der Waals surface area contributed by atoms with Gasteiger partial charge in [0.25, 0.3) is 5.91 Å². The molecule has 4 atom stereocenters. The number of H-pyrrole nitrogens is 1. The third-order valence-electron chi connectivity index (χ3n) is 7.55. The molecule has 4 N–H and O–H groups in total. The minimum Gasteiger partial charge on any atom is -0.493 e. The summed E-state index contributed by atoms with van der Waals surface area (Å²) < 4.78 is 61.5. The van der Waals surface area contributed by atoms with Gasteiger partial charge in [0.15, 0.2) is 0 Å². The standard InChI is InChI=1S/C28H31F4N5O4/c1-13-22(27(40)36-17-6-7-20(19(29)10-17)37-26(39)14(2)38)24-25(35-13)23(33-12-34-24)18-9-16(28(30,31)32)5-8-21(18)41-11-15-3-4-15/h5,8-9,12,14-15,17,19-20,35,38H,3-4,6-7,10-11H2,1-2H3,(H,36,40)(H,37,39)/t14-,17-,19+,20-/m0/s1. The normalized spacial score (nSPS) is 21.9. The number of alkyl halides is 4. The monoisotopic (exact) mass is 577 g/mol. The fourth-order valence-electron chi connectivity index (χ4n) is 5.08. The van der Waals surface area contributed by atoms with Gasteiger partial charge < -0.3 is 25.5 Å². The Morgan fingerprint density at radius 2 is 1.93 bits per heavy atom. The van der Waals surface area contributed by atoms with Gasteiger partial charge in [0, 0.05) is 23.7 Å². The number of hydrogen-bond donors (Lipinski definition) is 4. The van der Waals surface area contributed by atoms with E-state index in [1.807, 2.05) is 0 Å². The second-order valence-corrected chi connectivity index (χ2v) is 10.8. The highest BCUT2D eigenvalue weighted by Crippen LogP contribution is 2.40. The predicted octanol–water partition coefficient (Wildman–Crippen LogP) is 4.23. The van der Waals surface area contributed by atoms with E-state index in [2.05, 4.69) is 25.6 Å². The van der Waals surface area contributed by atoms with E-state index < -0.39 is 47.9 Å². The Balaban J connectivity index is 1.41. The van der Waals surface area contributed by atoms with Gasteiger partial charge in [0.1, 0.15) is 35.6 Å². The number of aryl methyl sites for hydroxylation is 1. The van der Waals surface area contributed by atoms with Gasteiger partial charge in [0.05, 0.1) is 29.3 Å². The first kappa shape index (κ1) is 28.8. The Bertz CT molecular complexity index is 1450. The summed E-state index contributed by atoms with van der Waals surface area (Å²) in [4.78, 5) is 36.7. The van der Waals surface area contributed by atoms with Crippen molar-refractivity contribution in [3.05, 3.63) is 41.3 Å². The Morgan fingerprint density at radius 1 is 1.17 bits per heavy atom. The molecule has 2 fully saturated rings. The highest BCUT2D eigenvalue weighted by Gasteiger charge is 2.35. The quantitative estimate of drug-likeness (QED) is 0.297. The fraction of sp³-hybridized carbons (Fsp3) is 0.500. The lowest BCUT2D eigenvalue weighted by Crippen LogP contribution is -2.51. The summed E-state index contributed by atoms with van der Waals surface area (Å²) in [5.41, 5.74) is 0.507. The van der Waals surface area contributed by atoms with Crippen LogP contribution in [-0.2, 0) is 11.0 Å². The molecule has 0 bridgehead atoms. The van der Waals surface area contributed by atoms with Crippen molar-refractivity contribution in [2.45, 2.75) is 76.5 Å². The van der Waals surface area contributed by atoms with Crippen LogP contribution in [0, 0.1) is 12.8 Å². The number of carbonyl (C=O) groups excluding carboxylic acids is 2. The second kappa shape index (κ2) is 11.3. The number of aliphatic hydroxyl groups is 1. The van der Waals surface area contributed by atoms with Gasteiger partial charge in [-0.15, -0.1) is 0 Å². The lowest BCUT2D eigenvalue weighted by Gasteiger charge is -2.32. The first-order valence-corrected chi connectivity index (χ1v) is 13.5. The van der Waals surface area contributed by atoms with Crippen LogP contribution >= 0.6 is 0 Å². The predicted molar refractivity (Wildman–Crippen MR) is 141 cm³/mol. The number of halogens is 4. The van der Waals surface area contributed by atoms with Crippen molar-refractivity contribution in [1.82, 2.24) is 25.6 Å². The number of ether oxygens (including phenoxy) is 1. The molecule has 1 aromatic carbocycles. The molecular formula is C28H31F4N5O4. The van der Waals surface area contributed by atoms with Gasteiger partial charge in [-0.1, -0.05) is 0 Å². The largest absolute Gasteiger partial charge is 0.493 e. The van der Waals surface area contributed by atoms with E-state index in [0.29, 0.717) is 24.6 Å². The Kier molecular flexibility index (Phi) is 7.91. The molecule has 2 amide bonds. The molecule has 3 aromatic rings. The van der Waals surface area contributed by atoms with Crippen LogP contribution in [0.2, 0.25) is 0 Å². The molecule has 2 aliphatic carbocycles. The number of rotatable bonds is 8. The average molecular weight is 578 g/mol. The van der Waals surface area contributed by atoms with Crippen LogP contribution in [0.15, 0.2) is 24.5 Å². The van der Waals surface area contributed by atoms with E-state index in [4.69, 9.17) is 4.74 Å². The van der Waals surface area contributed by atoms with Crippen LogP contribution in [0.4, 0.5) is 17.6 Å². The molecule has 41 heavy (non-hydrogen) atoms. The summed E-state index contributed by atoms with van der Waals surface area (Å²) in [5, 5.41) is 14.7. The van der Waals surface area contributed by atoms with Crippen molar-refractivity contribution < 1.29 is 37.0 Å². The summed E-state index contributed by atoms with van der Waals surface area (Å²) >= 11 is 0. The lowest BCUT2D eigenvalue weighted by atomic mass is 9.89. The zero-order valence-electron chi connectivity index (χ0n) is 22.5. The van der Waals surface area contributed by atoms with E-state index in [9.17, 15) is 32.3 Å². The molecule has 0 saturated heterocycles. The highest BCUT2D eigenvalue weighted by atomic mass is 19.4. The second-order valence-electron chi connectivity index (χ2n) is 10.8. The van der Waals surface area contributed by atoms with Gasteiger partial charge in [-0.3, -0.25) is 9.59 Å². The Morgan fingerprint density at radius 3 is 2.59 bits per heavy atom. The topological polar surface area (TPSA) is 129 Å². The van der Waals surface area contributed by atoms with Gasteiger partial charge in [-0.2, -0.15) is 13.2 Å². The van der Waals surface area contributed by atoms with Crippen molar-refractivity contribution in [3.8, 4) is 17.0 Å². The maximum absolute atomic E-state index is 14.8. The van der Waals surface area contributed by atoms with Gasteiger partial charge in [0.2, 0.25) is 5.91 Å².